The van der Waals surface area contributed by atoms with Crippen LogP contribution in [0.2, 0.25) is 0 Å². The van der Waals surface area contributed by atoms with E-state index in [1.807, 2.05) is 0 Å². The van der Waals surface area contributed by atoms with E-state index in [1.54, 1.807) is 17.7 Å². The SMILES string of the molecule is Cc1sc2ncnc(NCC3=CCNCC3)c2c1C. The molecule has 0 atom stereocenters. The van der Waals surface area contributed by atoms with Gasteiger partial charge in [-0.2, -0.15) is 0 Å². The van der Waals surface area contributed by atoms with Gasteiger partial charge in [-0.1, -0.05) is 11.6 Å². The van der Waals surface area contributed by atoms with Crippen molar-refractivity contribution in [3.05, 3.63) is 28.4 Å². The number of nitrogens with one attached hydrogen (secondary N) is 2. The molecule has 2 aromatic rings. The number of nitrogens with zero attached hydrogens (tertiary/aromatic N) is 2. The lowest BCUT2D eigenvalue weighted by Crippen LogP contribution is -2.23. The molecule has 100 valence electrons. The first-order valence-corrected chi connectivity index (χ1v) is 7.40. The molecular formula is C14H18N4S. The first-order chi connectivity index (χ1) is 9.25. The van der Waals surface area contributed by atoms with E-state index in [-0.39, 0.29) is 0 Å². The highest BCUT2D eigenvalue weighted by Gasteiger charge is 2.12. The molecule has 0 unspecified atom stereocenters. The fourth-order valence-corrected chi connectivity index (χ4v) is 3.34. The van der Waals surface area contributed by atoms with Gasteiger partial charge in [-0.05, 0) is 32.4 Å². The highest BCUT2D eigenvalue weighted by atomic mass is 32.1. The van der Waals surface area contributed by atoms with Crippen molar-refractivity contribution in [2.75, 3.05) is 25.0 Å². The predicted molar refractivity (Wildman–Crippen MR) is 80.9 cm³/mol. The Labute approximate surface area is 117 Å². The van der Waals surface area contributed by atoms with E-state index in [1.165, 1.54) is 21.4 Å². The molecule has 3 heterocycles. The monoisotopic (exact) mass is 274 g/mol. The van der Waals surface area contributed by atoms with Crippen LogP contribution in [-0.2, 0) is 0 Å². The third kappa shape index (κ3) is 2.48. The fraction of sp³-hybridized carbons (Fsp3) is 0.429. The van der Waals surface area contributed by atoms with Crippen LogP contribution in [0.4, 0.5) is 5.82 Å². The molecule has 5 heteroatoms. The van der Waals surface area contributed by atoms with Gasteiger partial charge in [0.05, 0.1) is 5.39 Å². The summed E-state index contributed by atoms with van der Waals surface area (Å²) in [4.78, 5) is 11.2. The van der Waals surface area contributed by atoms with Crippen LogP contribution in [0.25, 0.3) is 10.2 Å². The minimum atomic E-state index is 0.877. The summed E-state index contributed by atoms with van der Waals surface area (Å²) in [7, 11) is 0. The molecule has 0 saturated carbocycles. The van der Waals surface area contributed by atoms with Crippen LogP contribution in [0.3, 0.4) is 0 Å². The number of aromatic nitrogens is 2. The van der Waals surface area contributed by atoms with Crippen LogP contribution in [0.1, 0.15) is 16.9 Å². The minimum absolute atomic E-state index is 0.877. The topological polar surface area (TPSA) is 49.8 Å². The largest absolute Gasteiger partial charge is 0.366 e. The third-order valence-corrected chi connectivity index (χ3v) is 4.72. The Balaban J connectivity index is 1.86. The van der Waals surface area contributed by atoms with Crippen molar-refractivity contribution in [2.45, 2.75) is 20.3 Å². The Bertz CT molecular complexity index is 630. The van der Waals surface area contributed by atoms with Crippen LogP contribution in [0.5, 0.6) is 0 Å². The number of rotatable bonds is 3. The summed E-state index contributed by atoms with van der Waals surface area (Å²) < 4.78 is 0. The lowest BCUT2D eigenvalue weighted by atomic mass is 10.1. The maximum atomic E-state index is 4.41. The Kier molecular flexibility index (Phi) is 3.48. The van der Waals surface area contributed by atoms with E-state index in [2.05, 4.69) is 40.5 Å². The van der Waals surface area contributed by atoms with Crippen LogP contribution in [-0.4, -0.2) is 29.6 Å². The van der Waals surface area contributed by atoms with Gasteiger partial charge in [0.25, 0.3) is 0 Å². The maximum absolute atomic E-state index is 4.41. The van der Waals surface area contributed by atoms with E-state index in [4.69, 9.17) is 0 Å². The number of fused-ring (bicyclic) bond motifs is 1. The van der Waals surface area contributed by atoms with Gasteiger partial charge < -0.3 is 10.6 Å². The lowest BCUT2D eigenvalue weighted by Gasteiger charge is -2.15. The van der Waals surface area contributed by atoms with Crippen LogP contribution in [0.15, 0.2) is 18.0 Å². The second-order valence-electron chi connectivity index (χ2n) is 4.86. The first-order valence-electron chi connectivity index (χ1n) is 6.59. The van der Waals surface area contributed by atoms with E-state index in [9.17, 15) is 0 Å². The lowest BCUT2D eigenvalue weighted by molar-refractivity contribution is 0.698. The number of thiophene rings is 1. The summed E-state index contributed by atoms with van der Waals surface area (Å²) in [6.07, 6.45) is 5.03. The van der Waals surface area contributed by atoms with Crippen molar-refractivity contribution in [3.8, 4) is 0 Å². The fourth-order valence-electron chi connectivity index (χ4n) is 2.34. The highest BCUT2D eigenvalue weighted by Crippen LogP contribution is 2.32. The maximum Gasteiger partial charge on any atom is 0.138 e. The molecule has 1 aliphatic rings. The third-order valence-electron chi connectivity index (χ3n) is 3.61. The highest BCUT2D eigenvalue weighted by molar-refractivity contribution is 7.18. The molecule has 0 bridgehead atoms. The second kappa shape index (κ2) is 5.27. The standard InChI is InChI=1S/C14H18N4S/c1-9-10(2)19-14-12(9)13(17-8-18-14)16-7-11-3-5-15-6-4-11/h3,8,15H,4-7H2,1-2H3,(H,16,17,18). The van der Waals surface area contributed by atoms with Crippen molar-refractivity contribution in [1.82, 2.24) is 15.3 Å². The van der Waals surface area contributed by atoms with Gasteiger partial charge in [-0.3, -0.25) is 0 Å². The quantitative estimate of drug-likeness (QED) is 0.845. The number of aryl methyl sites for hydroxylation is 2. The molecule has 19 heavy (non-hydrogen) atoms. The molecule has 2 N–H and O–H groups in total. The van der Waals surface area contributed by atoms with Gasteiger partial charge in [0, 0.05) is 18.0 Å². The average molecular weight is 274 g/mol. The van der Waals surface area contributed by atoms with E-state index in [0.717, 1.165) is 36.7 Å². The number of hydrogen-bond donors (Lipinski definition) is 2. The molecule has 2 aromatic heterocycles. The molecular weight excluding hydrogens is 256 g/mol. The minimum Gasteiger partial charge on any atom is -0.366 e. The zero-order valence-electron chi connectivity index (χ0n) is 11.3. The van der Waals surface area contributed by atoms with E-state index < -0.39 is 0 Å². The summed E-state index contributed by atoms with van der Waals surface area (Å²) in [6, 6.07) is 0. The second-order valence-corrected chi connectivity index (χ2v) is 6.06. The molecule has 0 radical (unpaired) electrons. The molecule has 0 fully saturated rings. The van der Waals surface area contributed by atoms with Gasteiger partial charge in [-0.25, -0.2) is 9.97 Å². The normalized spacial score (nSPS) is 15.6. The first kappa shape index (κ1) is 12.6. The van der Waals surface area contributed by atoms with E-state index >= 15 is 0 Å². The zero-order chi connectivity index (χ0) is 13.2. The Morgan fingerprint density at radius 2 is 2.26 bits per heavy atom. The van der Waals surface area contributed by atoms with Crippen LogP contribution >= 0.6 is 11.3 Å². The summed E-state index contributed by atoms with van der Waals surface area (Å²) in [5, 5.41) is 7.98. The summed E-state index contributed by atoms with van der Waals surface area (Å²) in [5.41, 5.74) is 2.75. The average Bonchev–Trinajstić information content (AvgIpc) is 2.74. The van der Waals surface area contributed by atoms with Gasteiger partial charge in [0.1, 0.15) is 17.0 Å². The Hall–Kier alpha value is -1.46. The van der Waals surface area contributed by atoms with Crippen molar-refractivity contribution in [2.24, 2.45) is 0 Å². The molecule has 0 spiro atoms. The zero-order valence-corrected chi connectivity index (χ0v) is 12.1. The smallest absolute Gasteiger partial charge is 0.138 e. The molecule has 1 aliphatic heterocycles. The van der Waals surface area contributed by atoms with Crippen molar-refractivity contribution in [3.63, 3.8) is 0 Å². The Morgan fingerprint density at radius 1 is 1.37 bits per heavy atom. The molecule has 0 aliphatic carbocycles. The van der Waals surface area contributed by atoms with Gasteiger partial charge in [0.2, 0.25) is 0 Å². The van der Waals surface area contributed by atoms with Gasteiger partial charge in [0.15, 0.2) is 0 Å². The van der Waals surface area contributed by atoms with Crippen molar-refractivity contribution >= 4 is 27.4 Å². The van der Waals surface area contributed by atoms with E-state index in [0.29, 0.717) is 0 Å². The van der Waals surface area contributed by atoms with Crippen molar-refractivity contribution < 1.29 is 0 Å². The number of hydrogen-bond acceptors (Lipinski definition) is 5. The summed E-state index contributed by atoms with van der Waals surface area (Å²) in [5.74, 6) is 0.964. The predicted octanol–water partition coefficient (Wildman–Crippen LogP) is 2.64. The van der Waals surface area contributed by atoms with Crippen LogP contribution in [0, 0.1) is 13.8 Å². The molecule has 3 rings (SSSR count). The molecule has 4 nitrogen and oxygen atoms in total. The van der Waals surface area contributed by atoms with Gasteiger partial charge >= 0.3 is 0 Å². The molecule has 0 saturated heterocycles. The van der Waals surface area contributed by atoms with Crippen LogP contribution < -0.4 is 10.6 Å². The van der Waals surface area contributed by atoms with Crippen molar-refractivity contribution in [1.29, 1.82) is 0 Å². The number of anilines is 1. The summed E-state index contributed by atoms with van der Waals surface area (Å²) in [6.45, 7) is 7.21. The molecule has 0 amide bonds. The Morgan fingerprint density at radius 3 is 3.05 bits per heavy atom. The van der Waals surface area contributed by atoms with Gasteiger partial charge in [-0.15, -0.1) is 11.3 Å². The molecule has 0 aromatic carbocycles. The summed E-state index contributed by atoms with van der Waals surface area (Å²) >= 11 is 1.74.